The lowest BCUT2D eigenvalue weighted by Crippen LogP contribution is -2.37. The van der Waals surface area contributed by atoms with E-state index in [9.17, 15) is 9.59 Å². The zero-order chi connectivity index (χ0) is 27.3. The van der Waals surface area contributed by atoms with E-state index in [1.807, 2.05) is 31.3 Å². The molecule has 6 heteroatoms. The molecule has 3 aliphatic rings. The van der Waals surface area contributed by atoms with Gasteiger partial charge in [-0.05, 0) is 66.6 Å². The highest BCUT2D eigenvalue weighted by Crippen LogP contribution is 2.50. The van der Waals surface area contributed by atoms with Gasteiger partial charge in [0.05, 0.1) is 12.1 Å². The minimum Gasteiger partial charge on any atom is -0.493 e. The Morgan fingerprint density at radius 2 is 1.59 bits per heavy atom. The molecule has 0 radical (unpaired) electrons. The van der Waals surface area contributed by atoms with E-state index >= 15 is 0 Å². The molecule has 6 rings (SSSR count). The second-order valence-corrected chi connectivity index (χ2v) is 11.1. The molecule has 5 nitrogen and oxygen atoms in total. The highest BCUT2D eigenvalue weighted by molar-refractivity contribution is 6.32. The van der Waals surface area contributed by atoms with Gasteiger partial charge in [0.25, 0.3) is 0 Å². The summed E-state index contributed by atoms with van der Waals surface area (Å²) in [5, 5.41) is 2.69. The number of nitrogens with zero attached hydrogens (tertiary/aromatic N) is 1. The summed E-state index contributed by atoms with van der Waals surface area (Å²) >= 11 is 6.89. The van der Waals surface area contributed by atoms with Gasteiger partial charge >= 0.3 is 0 Å². The van der Waals surface area contributed by atoms with Crippen molar-refractivity contribution >= 4 is 33.9 Å². The van der Waals surface area contributed by atoms with Crippen LogP contribution in [0.1, 0.15) is 61.1 Å². The molecule has 0 N–H and O–H groups in total. The van der Waals surface area contributed by atoms with E-state index < -0.39 is 5.92 Å². The molecule has 0 unspecified atom stereocenters. The molecule has 1 aliphatic heterocycles. The van der Waals surface area contributed by atoms with Crippen molar-refractivity contribution in [2.75, 3.05) is 14.2 Å². The Kier molecular flexibility index (Phi) is 6.72. The van der Waals surface area contributed by atoms with Crippen LogP contribution >= 0.6 is 11.6 Å². The van der Waals surface area contributed by atoms with Crippen LogP contribution in [-0.4, -0.2) is 30.6 Å². The maximum atomic E-state index is 13.3. The average molecular weight is 542 g/mol. The fraction of sp³-hybridized carbons (Fsp3) is 0.333. The first-order chi connectivity index (χ1) is 18.9. The normalized spacial score (nSPS) is 18.0. The molecule has 0 bridgehead atoms. The summed E-state index contributed by atoms with van der Waals surface area (Å²) < 4.78 is 12.1. The zero-order valence-corrected chi connectivity index (χ0v) is 23.4. The van der Waals surface area contributed by atoms with E-state index in [0.29, 0.717) is 36.0 Å². The number of ether oxygens (including phenoxy) is 2. The van der Waals surface area contributed by atoms with Crippen LogP contribution in [0.2, 0.25) is 5.02 Å². The van der Waals surface area contributed by atoms with Crippen molar-refractivity contribution in [3.63, 3.8) is 0 Å². The number of rotatable bonds is 5. The maximum Gasteiger partial charge on any atom is 0.180 e. The van der Waals surface area contributed by atoms with Crippen molar-refractivity contribution in [2.24, 2.45) is 0 Å². The molecule has 0 fully saturated rings. The lowest BCUT2D eigenvalue weighted by molar-refractivity contribution is -0.117. The minimum atomic E-state index is -0.437. The molecule has 1 heterocycles. The van der Waals surface area contributed by atoms with Gasteiger partial charge in [-0.1, -0.05) is 48.0 Å². The number of ketones is 2. The molecule has 39 heavy (non-hydrogen) atoms. The van der Waals surface area contributed by atoms with E-state index in [1.165, 1.54) is 0 Å². The molecule has 3 aromatic rings. The van der Waals surface area contributed by atoms with E-state index in [2.05, 4.69) is 36.1 Å². The van der Waals surface area contributed by atoms with Crippen molar-refractivity contribution in [1.29, 1.82) is 0 Å². The van der Waals surface area contributed by atoms with Crippen LogP contribution in [0.3, 0.4) is 0 Å². The summed E-state index contributed by atoms with van der Waals surface area (Å²) in [6.07, 6.45) is 4.31. The van der Waals surface area contributed by atoms with Gasteiger partial charge in [-0.3, -0.25) is 9.59 Å². The molecule has 0 aromatic heterocycles. The predicted octanol–water partition coefficient (Wildman–Crippen LogP) is 7.43. The Balaban J connectivity index is 1.42. The monoisotopic (exact) mass is 541 g/mol. The van der Waals surface area contributed by atoms with Crippen LogP contribution in [0.25, 0.3) is 10.8 Å². The second kappa shape index (κ2) is 10.2. The zero-order valence-electron chi connectivity index (χ0n) is 22.6. The third kappa shape index (κ3) is 4.33. The topological polar surface area (TPSA) is 55.8 Å². The lowest BCUT2D eigenvalue weighted by atomic mass is 9.71. The number of methoxy groups -OCH3 is 1. The van der Waals surface area contributed by atoms with Gasteiger partial charge < -0.3 is 14.4 Å². The Hall–Kier alpha value is -3.57. The summed E-state index contributed by atoms with van der Waals surface area (Å²) in [6, 6.07) is 16.2. The number of aryl methyl sites for hydroxylation is 1. The van der Waals surface area contributed by atoms with Gasteiger partial charge in [-0.25, -0.2) is 0 Å². The van der Waals surface area contributed by atoms with Crippen LogP contribution in [0.5, 0.6) is 11.5 Å². The molecule has 0 saturated heterocycles. The average Bonchev–Trinajstić information content (AvgIpc) is 2.94. The fourth-order valence-corrected chi connectivity index (χ4v) is 6.79. The van der Waals surface area contributed by atoms with E-state index in [0.717, 1.165) is 75.7 Å². The van der Waals surface area contributed by atoms with Crippen LogP contribution in [0.15, 0.2) is 71.1 Å². The molecule has 200 valence electrons. The molecule has 0 saturated carbocycles. The third-order valence-corrected chi connectivity index (χ3v) is 8.75. The van der Waals surface area contributed by atoms with Gasteiger partial charge in [-0.2, -0.15) is 0 Å². The number of hydrogen-bond donors (Lipinski definition) is 0. The van der Waals surface area contributed by atoms with Crippen molar-refractivity contribution in [2.45, 2.75) is 58.0 Å². The molecular weight excluding hydrogens is 510 g/mol. The van der Waals surface area contributed by atoms with Crippen molar-refractivity contribution < 1.29 is 19.1 Å². The molecular formula is C33H32ClNO4. The highest BCUT2D eigenvalue weighted by atomic mass is 35.5. The predicted molar refractivity (Wildman–Crippen MR) is 153 cm³/mol. The van der Waals surface area contributed by atoms with Gasteiger partial charge in [0, 0.05) is 53.9 Å². The first-order valence-electron chi connectivity index (χ1n) is 13.6. The fourth-order valence-electron chi connectivity index (χ4n) is 6.51. The minimum absolute atomic E-state index is 0.111. The number of carbonyl (C=O) groups excluding carboxylic acids is 2. The summed E-state index contributed by atoms with van der Waals surface area (Å²) in [6.45, 7) is 2.41. The SMILES string of the molecule is COc1cc(C2C3=C(CCCC3=O)N(C)C3=C2C(=O)CCC3)cc(Cl)c1OCc1c(C)ccc2ccccc12. The second-order valence-electron chi connectivity index (χ2n) is 10.7. The summed E-state index contributed by atoms with van der Waals surface area (Å²) in [5.74, 6) is 0.731. The number of halogens is 1. The third-order valence-electron chi connectivity index (χ3n) is 8.47. The summed E-state index contributed by atoms with van der Waals surface area (Å²) in [5.41, 5.74) is 6.56. The number of carbonyl (C=O) groups is 2. The van der Waals surface area contributed by atoms with Crippen LogP contribution in [0, 0.1) is 6.92 Å². The lowest BCUT2D eigenvalue weighted by Gasteiger charge is -2.42. The molecule has 2 aliphatic carbocycles. The van der Waals surface area contributed by atoms with Crippen molar-refractivity contribution in [3.8, 4) is 11.5 Å². The smallest absolute Gasteiger partial charge is 0.180 e. The van der Waals surface area contributed by atoms with Crippen LogP contribution in [-0.2, 0) is 16.2 Å². The van der Waals surface area contributed by atoms with E-state index in [4.69, 9.17) is 21.1 Å². The standard InChI is InChI=1S/C33H32ClNO4/c1-19-14-15-20-8-4-5-9-22(20)23(19)18-39-33-24(34)16-21(17-29(33)38-3)30-31-25(10-6-12-27(31)36)35(2)26-11-7-13-28(37)32(26)30/h4-5,8-9,14-17,30H,6-7,10-13,18H2,1-3H3. The number of fused-ring (bicyclic) bond motifs is 1. The Morgan fingerprint density at radius 3 is 2.26 bits per heavy atom. The maximum absolute atomic E-state index is 13.3. The number of benzene rings is 3. The molecule has 0 amide bonds. The molecule has 0 spiro atoms. The van der Waals surface area contributed by atoms with E-state index in [1.54, 1.807) is 7.11 Å². The quantitative estimate of drug-likeness (QED) is 0.336. The first-order valence-corrected chi connectivity index (χ1v) is 14.0. The Labute approximate surface area is 234 Å². The Bertz CT molecular complexity index is 1540. The number of hydrogen-bond acceptors (Lipinski definition) is 5. The first kappa shape index (κ1) is 25.7. The number of Topliss-reactive ketones (excluding diaryl/α,β-unsaturated/α-hetero) is 2. The van der Waals surface area contributed by atoms with Crippen molar-refractivity contribution in [1.82, 2.24) is 4.90 Å². The Morgan fingerprint density at radius 1 is 0.923 bits per heavy atom. The van der Waals surface area contributed by atoms with E-state index in [-0.39, 0.29) is 11.6 Å². The molecule has 3 aromatic carbocycles. The van der Waals surface area contributed by atoms with Gasteiger partial charge in [0.15, 0.2) is 23.1 Å². The summed E-state index contributed by atoms with van der Waals surface area (Å²) in [7, 11) is 3.59. The number of allylic oxidation sites excluding steroid dienone is 4. The van der Waals surface area contributed by atoms with Crippen LogP contribution < -0.4 is 9.47 Å². The largest absolute Gasteiger partial charge is 0.493 e. The van der Waals surface area contributed by atoms with Gasteiger partial charge in [0.1, 0.15) is 6.61 Å². The van der Waals surface area contributed by atoms with Crippen LogP contribution in [0.4, 0.5) is 0 Å². The summed E-state index contributed by atoms with van der Waals surface area (Å²) in [4.78, 5) is 28.8. The molecule has 0 atom stereocenters. The highest BCUT2D eigenvalue weighted by Gasteiger charge is 2.42. The van der Waals surface area contributed by atoms with Gasteiger partial charge in [-0.15, -0.1) is 0 Å². The van der Waals surface area contributed by atoms with Crippen molar-refractivity contribution in [3.05, 3.63) is 92.8 Å². The van der Waals surface area contributed by atoms with Gasteiger partial charge in [0.2, 0.25) is 0 Å².